The highest BCUT2D eigenvalue weighted by Gasteiger charge is 2.62. The third-order valence-corrected chi connectivity index (χ3v) is 10.3. The molecule has 4 rings (SSSR count). The van der Waals surface area contributed by atoms with Gasteiger partial charge in [0.25, 0.3) is 0 Å². The van der Waals surface area contributed by atoms with Crippen molar-refractivity contribution in [1.29, 1.82) is 0 Å². The molecule has 0 radical (unpaired) electrons. The predicted molar refractivity (Wildman–Crippen MR) is 121 cm³/mol. The van der Waals surface area contributed by atoms with Crippen molar-refractivity contribution in [3.05, 3.63) is 11.6 Å². The molecule has 3 nitrogen and oxygen atoms in total. The summed E-state index contributed by atoms with van der Waals surface area (Å²) in [5.41, 5.74) is 1.91. The van der Waals surface area contributed by atoms with E-state index >= 15 is 0 Å². The third kappa shape index (κ3) is 3.52. The fraction of sp³-hybridized carbons (Fsp3) is 0.889. The van der Waals surface area contributed by atoms with Gasteiger partial charge in [0.15, 0.2) is 0 Å². The van der Waals surface area contributed by atoms with E-state index in [2.05, 4.69) is 26.8 Å². The zero-order valence-electron chi connectivity index (χ0n) is 19.9. The van der Waals surface area contributed by atoms with E-state index in [1.54, 1.807) is 0 Å². The maximum Gasteiger partial charge on any atom is 0.135 e. The van der Waals surface area contributed by atoms with Crippen LogP contribution in [0.5, 0.6) is 0 Å². The number of carbonyl (C=O) groups excluding carboxylic acids is 1. The Hall–Kier alpha value is -0.670. The summed E-state index contributed by atoms with van der Waals surface area (Å²) >= 11 is 0. The molecule has 170 valence electrons. The van der Waals surface area contributed by atoms with E-state index < -0.39 is 0 Å². The zero-order chi connectivity index (χ0) is 21.8. The van der Waals surface area contributed by atoms with E-state index in [0.717, 1.165) is 38.5 Å². The van der Waals surface area contributed by atoms with Crippen LogP contribution >= 0.6 is 0 Å². The average molecular weight is 417 g/mol. The summed E-state index contributed by atoms with van der Waals surface area (Å²) in [6.45, 7) is 11.2. The number of allylic oxidation sites excluding steroid dienone is 1. The molecule has 3 fully saturated rings. The molecular formula is C27H44O3. The van der Waals surface area contributed by atoms with Crippen LogP contribution in [-0.4, -0.2) is 28.2 Å². The summed E-state index contributed by atoms with van der Waals surface area (Å²) < 4.78 is 0. The number of aliphatic hydroxyl groups is 2. The van der Waals surface area contributed by atoms with Gasteiger partial charge in [-0.25, -0.2) is 0 Å². The molecule has 4 aliphatic rings. The fourth-order valence-corrected chi connectivity index (χ4v) is 8.50. The quantitative estimate of drug-likeness (QED) is 0.579. The first kappa shape index (κ1) is 22.5. The molecule has 0 bridgehead atoms. The van der Waals surface area contributed by atoms with Crippen LogP contribution in [0.4, 0.5) is 0 Å². The maximum atomic E-state index is 12.2. The van der Waals surface area contributed by atoms with Gasteiger partial charge < -0.3 is 10.2 Å². The van der Waals surface area contributed by atoms with Crippen molar-refractivity contribution < 1.29 is 15.0 Å². The van der Waals surface area contributed by atoms with Crippen molar-refractivity contribution in [2.24, 2.45) is 46.3 Å². The van der Waals surface area contributed by atoms with Gasteiger partial charge in [0, 0.05) is 12.3 Å². The minimum atomic E-state index is -0.205. The number of hydrogen-bond donors (Lipinski definition) is 2. The fourth-order valence-electron chi connectivity index (χ4n) is 8.50. The largest absolute Gasteiger partial charge is 0.393 e. The average Bonchev–Trinajstić information content (AvgIpc) is 2.97. The number of aliphatic hydroxyl groups excluding tert-OH is 2. The summed E-state index contributed by atoms with van der Waals surface area (Å²) in [6.07, 6.45) is 11.0. The molecule has 3 saturated carbocycles. The summed E-state index contributed by atoms with van der Waals surface area (Å²) in [5, 5.41) is 21.5. The Balaban J connectivity index is 1.54. The van der Waals surface area contributed by atoms with Crippen LogP contribution < -0.4 is 0 Å². The monoisotopic (exact) mass is 416 g/mol. The number of hydrogen-bond acceptors (Lipinski definition) is 3. The molecule has 0 aromatic rings. The van der Waals surface area contributed by atoms with Gasteiger partial charge in [0.05, 0.1) is 12.2 Å². The normalized spacial score (nSPS) is 46.6. The minimum absolute atomic E-state index is 0.128. The molecule has 0 heterocycles. The Morgan fingerprint density at radius 2 is 1.90 bits per heavy atom. The van der Waals surface area contributed by atoms with Crippen molar-refractivity contribution in [1.82, 2.24) is 0 Å². The first-order valence-electron chi connectivity index (χ1n) is 12.7. The number of fused-ring (bicyclic) bond motifs is 5. The second-order valence-corrected chi connectivity index (χ2v) is 12.2. The number of rotatable bonds is 5. The van der Waals surface area contributed by atoms with E-state index in [1.807, 2.05) is 13.8 Å². The second-order valence-electron chi connectivity index (χ2n) is 12.2. The molecule has 3 heteroatoms. The van der Waals surface area contributed by atoms with Gasteiger partial charge in [-0.2, -0.15) is 0 Å². The van der Waals surface area contributed by atoms with E-state index in [1.165, 1.54) is 18.4 Å². The Labute approximate surface area is 183 Å². The van der Waals surface area contributed by atoms with Crippen molar-refractivity contribution in [2.45, 2.75) is 105 Å². The van der Waals surface area contributed by atoms with Gasteiger partial charge in [-0.05, 0) is 91.8 Å². The van der Waals surface area contributed by atoms with Gasteiger partial charge in [-0.3, -0.25) is 4.79 Å². The van der Waals surface area contributed by atoms with Crippen LogP contribution in [0.3, 0.4) is 0 Å². The van der Waals surface area contributed by atoms with Gasteiger partial charge in [0.2, 0.25) is 0 Å². The Morgan fingerprint density at radius 1 is 1.17 bits per heavy atom. The van der Waals surface area contributed by atoms with Crippen molar-refractivity contribution >= 4 is 5.78 Å². The minimum Gasteiger partial charge on any atom is -0.393 e. The molecule has 4 aliphatic carbocycles. The molecule has 0 aromatic heterocycles. The molecular weight excluding hydrogens is 372 g/mol. The SMILES string of the molecule is CC(C)C(=O)CC[C@@H](C)[C@H]1C[C@@H](O)[C@H]2[C@@H]3CC=C4C[C@@H](O)CC[C@]4(C)[C@H]3CC[C@@]21C. The van der Waals surface area contributed by atoms with Crippen molar-refractivity contribution in [2.75, 3.05) is 0 Å². The Bertz CT molecular complexity index is 696. The summed E-state index contributed by atoms with van der Waals surface area (Å²) in [6, 6.07) is 0. The molecule has 0 spiro atoms. The lowest BCUT2D eigenvalue weighted by Crippen LogP contribution is -2.52. The highest BCUT2D eigenvalue weighted by molar-refractivity contribution is 5.80. The molecule has 0 aliphatic heterocycles. The van der Waals surface area contributed by atoms with Crippen LogP contribution in [0.15, 0.2) is 11.6 Å². The summed E-state index contributed by atoms with van der Waals surface area (Å²) in [7, 11) is 0. The van der Waals surface area contributed by atoms with Crippen LogP contribution in [-0.2, 0) is 4.79 Å². The smallest absolute Gasteiger partial charge is 0.135 e. The molecule has 9 atom stereocenters. The topological polar surface area (TPSA) is 57.5 Å². The Morgan fingerprint density at radius 3 is 2.60 bits per heavy atom. The van der Waals surface area contributed by atoms with Crippen molar-refractivity contribution in [3.63, 3.8) is 0 Å². The first-order chi connectivity index (χ1) is 14.1. The molecule has 0 unspecified atom stereocenters. The Kier molecular flexibility index (Phi) is 6.03. The third-order valence-electron chi connectivity index (χ3n) is 10.3. The van der Waals surface area contributed by atoms with Crippen molar-refractivity contribution in [3.8, 4) is 0 Å². The molecule has 0 aromatic carbocycles. The number of carbonyl (C=O) groups is 1. The number of Topliss-reactive ketones (excluding diaryl/α,β-unsaturated/α-hetero) is 1. The van der Waals surface area contributed by atoms with Crippen LogP contribution in [0.1, 0.15) is 92.4 Å². The summed E-state index contributed by atoms with van der Waals surface area (Å²) in [4.78, 5) is 12.2. The highest BCUT2D eigenvalue weighted by atomic mass is 16.3. The van der Waals surface area contributed by atoms with E-state index in [4.69, 9.17) is 0 Å². The highest BCUT2D eigenvalue weighted by Crippen LogP contribution is 2.67. The molecule has 2 N–H and O–H groups in total. The van der Waals surface area contributed by atoms with E-state index in [0.29, 0.717) is 41.8 Å². The standard InChI is InChI=1S/C27H44O3/c1-16(2)23(29)9-6-17(3)22-15-24(30)25-20-8-7-18-14-19(28)10-12-26(18,4)21(20)11-13-27(22,25)5/h7,16-17,19-22,24-25,28,30H,6,8-15H2,1-5H3/t17-,19+,20-,21+,22-,24-,25-,26+,27-/m1/s1. The lowest BCUT2D eigenvalue weighted by atomic mass is 9.46. The zero-order valence-corrected chi connectivity index (χ0v) is 19.9. The van der Waals surface area contributed by atoms with Crippen LogP contribution in [0.25, 0.3) is 0 Å². The van der Waals surface area contributed by atoms with Crippen LogP contribution in [0, 0.1) is 46.3 Å². The molecule has 0 saturated heterocycles. The molecule has 0 amide bonds. The lowest BCUT2D eigenvalue weighted by Gasteiger charge is -2.58. The summed E-state index contributed by atoms with van der Waals surface area (Å²) in [5.74, 6) is 3.11. The van der Waals surface area contributed by atoms with Gasteiger partial charge in [-0.1, -0.05) is 46.3 Å². The van der Waals surface area contributed by atoms with Gasteiger partial charge in [0.1, 0.15) is 5.78 Å². The van der Waals surface area contributed by atoms with Crippen LogP contribution in [0.2, 0.25) is 0 Å². The number of ketones is 1. The van der Waals surface area contributed by atoms with Gasteiger partial charge in [-0.15, -0.1) is 0 Å². The predicted octanol–water partition coefficient (Wildman–Crippen LogP) is 5.54. The van der Waals surface area contributed by atoms with E-state index in [9.17, 15) is 15.0 Å². The van der Waals surface area contributed by atoms with Gasteiger partial charge >= 0.3 is 0 Å². The molecule has 30 heavy (non-hydrogen) atoms. The first-order valence-corrected chi connectivity index (χ1v) is 12.7. The second kappa shape index (κ2) is 8.03. The lowest BCUT2D eigenvalue weighted by molar-refractivity contribution is -0.122. The van der Waals surface area contributed by atoms with E-state index in [-0.39, 0.29) is 29.0 Å². The maximum absolute atomic E-state index is 12.2.